The molecule has 2 aromatic heterocycles. The lowest BCUT2D eigenvalue weighted by Crippen LogP contribution is -2.22. The fourth-order valence-electron chi connectivity index (χ4n) is 2.90. The van der Waals surface area contributed by atoms with Gasteiger partial charge in [-0.05, 0) is 24.3 Å². The molecule has 9 heteroatoms. The summed E-state index contributed by atoms with van der Waals surface area (Å²) in [7, 11) is 0. The van der Waals surface area contributed by atoms with E-state index in [0.29, 0.717) is 21.2 Å². The van der Waals surface area contributed by atoms with Crippen LogP contribution in [0.25, 0.3) is 22.1 Å². The van der Waals surface area contributed by atoms with Crippen LogP contribution in [0.1, 0.15) is 12.4 Å². The Balaban J connectivity index is 1.54. The minimum atomic E-state index is -2.83. The molecule has 0 aliphatic carbocycles. The van der Waals surface area contributed by atoms with Crippen molar-refractivity contribution in [3.05, 3.63) is 64.9 Å². The summed E-state index contributed by atoms with van der Waals surface area (Å²) < 4.78 is 38.7. The maximum atomic E-state index is 13.4. The first-order chi connectivity index (χ1) is 13.0. The van der Waals surface area contributed by atoms with E-state index < -0.39 is 31.4 Å². The number of fused-ring (bicyclic) bond motifs is 2. The van der Waals surface area contributed by atoms with E-state index in [0.717, 1.165) is 4.57 Å². The van der Waals surface area contributed by atoms with Crippen molar-refractivity contribution in [1.82, 2.24) is 14.1 Å². The lowest BCUT2D eigenvalue weighted by atomic mass is 10.3. The molecule has 0 unspecified atom stereocenters. The lowest BCUT2D eigenvalue weighted by Gasteiger charge is -2.08. The van der Waals surface area contributed by atoms with Gasteiger partial charge >= 0.3 is 18.3 Å². The Morgan fingerprint density at radius 2 is 1.81 bits per heavy atom. The predicted octanol–water partition coefficient (Wildman–Crippen LogP) is 3.08. The first-order valence-corrected chi connectivity index (χ1v) is 8.02. The minimum Gasteiger partial charge on any atom is -0.456 e. The van der Waals surface area contributed by atoms with Gasteiger partial charge in [-0.2, -0.15) is 8.78 Å². The lowest BCUT2D eigenvalue weighted by molar-refractivity contribution is -0.146. The van der Waals surface area contributed by atoms with Crippen molar-refractivity contribution in [3.8, 4) is 0 Å². The number of carbonyl (C=O) groups is 1. The first kappa shape index (κ1) is 17.0. The third-order valence-corrected chi connectivity index (χ3v) is 4.09. The van der Waals surface area contributed by atoms with E-state index in [-0.39, 0.29) is 11.3 Å². The van der Waals surface area contributed by atoms with Crippen LogP contribution in [0.3, 0.4) is 0 Å². The van der Waals surface area contributed by atoms with Crippen LogP contribution in [-0.4, -0.2) is 20.1 Å². The Morgan fingerprint density at radius 1 is 1.11 bits per heavy atom. The van der Waals surface area contributed by atoms with Gasteiger partial charge in [0.25, 0.3) is 0 Å². The Labute approximate surface area is 150 Å². The summed E-state index contributed by atoms with van der Waals surface area (Å²) in [5, 5.41) is 0. The zero-order chi connectivity index (χ0) is 19.0. The number of benzene rings is 2. The molecule has 0 amide bonds. The molecule has 0 N–H and O–H groups in total. The summed E-state index contributed by atoms with van der Waals surface area (Å²) >= 11 is 0. The van der Waals surface area contributed by atoms with Gasteiger partial charge in [-0.1, -0.05) is 24.3 Å². The smallest absolute Gasteiger partial charge is 0.420 e. The molecule has 0 saturated carbocycles. The number of rotatable bonds is 5. The van der Waals surface area contributed by atoms with Crippen molar-refractivity contribution >= 4 is 28.1 Å². The number of oxazole rings is 1. The van der Waals surface area contributed by atoms with Crippen LogP contribution in [0, 0.1) is 0 Å². The molecule has 27 heavy (non-hydrogen) atoms. The molecule has 2 aromatic carbocycles. The highest BCUT2D eigenvalue weighted by Gasteiger charge is 2.19. The second kappa shape index (κ2) is 6.67. The number of hydrogen-bond acceptors (Lipinski definition) is 5. The minimum absolute atomic E-state index is 0.0797. The Hall–Kier alpha value is -3.49. The van der Waals surface area contributed by atoms with E-state index in [2.05, 4.69) is 4.98 Å². The highest BCUT2D eigenvalue weighted by molar-refractivity contribution is 5.77. The Bertz CT molecular complexity index is 1190. The van der Waals surface area contributed by atoms with Gasteiger partial charge in [0.05, 0.1) is 16.6 Å². The SMILES string of the molecule is O=C(Cn1c(=O)oc2ccccc21)OCc1nc2ccccc2n1C(F)F. The fourth-order valence-corrected chi connectivity index (χ4v) is 2.90. The fraction of sp³-hybridized carbons (Fsp3) is 0.167. The topological polar surface area (TPSA) is 79.3 Å². The standard InChI is InChI=1S/C18H13F2N3O4/c19-17(20)23-12-6-2-1-5-11(12)21-15(23)10-26-16(24)9-22-13-7-3-4-8-14(13)27-18(22)25/h1-8,17H,9-10H2. The van der Waals surface area contributed by atoms with Crippen LogP contribution in [0.5, 0.6) is 0 Å². The van der Waals surface area contributed by atoms with E-state index in [1.165, 1.54) is 6.07 Å². The van der Waals surface area contributed by atoms with E-state index in [9.17, 15) is 18.4 Å². The summed E-state index contributed by atoms with van der Waals surface area (Å²) in [5.74, 6) is -1.55. The van der Waals surface area contributed by atoms with Crippen molar-refractivity contribution in [2.75, 3.05) is 0 Å². The molecule has 0 bridgehead atoms. The molecule has 138 valence electrons. The maximum Gasteiger partial charge on any atom is 0.420 e. The summed E-state index contributed by atoms with van der Waals surface area (Å²) in [6.45, 7) is -3.67. The van der Waals surface area contributed by atoms with Gasteiger partial charge < -0.3 is 9.15 Å². The van der Waals surface area contributed by atoms with Crippen LogP contribution in [0.15, 0.2) is 57.7 Å². The molecule has 2 heterocycles. The van der Waals surface area contributed by atoms with Crippen molar-refractivity contribution < 1.29 is 22.7 Å². The van der Waals surface area contributed by atoms with Crippen LogP contribution in [0.4, 0.5) is 8.78 Å². The molecule has 4 aromatic rings. The summed E-state index contributed by atoms with van der Waals surface area (Å²) in [5.41, 5.74) is 1.41. The number of esters is 1. The number of imidazole rings is 1. The van der Waals surface area contributed by atoms with E-state index in [4.69, 9.17) is 9.15 Å². The van der Waals surface area contributed by atoms with Crippen LogP contribution in [-0.2, 0) is 22.7 Å². The molecule has 0 saturated heterocycles. The van der Waals surface area contributed by atoms with Crippen molar-refractivity contribution in [2.24, 2.45) is 0 Å². The van der Waals surface area contributed by atoms with Crippen LogP contribution < -0.4 is 5.76 Å². The summed E-state index contributed by atoms with van der Waals surface area (Å²) in [4.78, 5) is 28.1. The molecular weight excluding hydrogens is 360 g/mol. The van der Waals surface area contributed by atoms with Gasteiger partial charge in [0.2, 0.25) is 0 Å². The first-order valence-electron chi connectivity index (χ1n) is 8.02. The number of hydrogen-bond donors (Lipinski definition) is 0. The average Bonchev–Trinajstić information content (AvgIpc) is 3.17. The molecule has 0 aliphatic rings. The number of nitrogens with zero attached hydrogens (tertiary/aromatic N) is 3. The van der Waals surface area contributed by atoms with Crippen molar-refractivity contribution in [1.29, 1.82) is 0 Å². The average molecular weight is 373 g/mol. The molecule has 4 rings (SSSR count). The van der Waals surface area contributed by atoms with E-state index in [1.54, 1.807) is 42.5 Å². The van der Waals surface area contributed by atoms with Crippen molar-refractivity contribution in [3.63, 3.8) is 0 Å². The second-order valence-corrected chi connectivity index (χ2v) is 5.75. The van der Waals surface area contributed by atoms with E-state index in [1.807, 2.05) is 0 Å². The van der Waals surface area contributed by atoms with E-state index >= 15 is 0 Å². The number of ether oxygens (including phenoxy) is 1. The van der Waals surface area contributed by atoms with Gasteiger partial charge in [-0.25, -0.2) is 9.78 Å². The molecule has 7 nitrogen and oxygen atoms in total. The van der Waals surface area contributed by atoms with Crippen molar-refractivity contribution in [2.45, 2.75) is 19.7 Å². The number of halogens is 2. The van der Waals surface area contributed by atoms with Crippen LogP contribution in [0.2, 0.25) is 0 Å². The van der Waals surface area contributed by atoms with Gasteiger partial charge in [-0.15, -0.1) is 0 Å². The van der Waals surface area contributed by atoms with Gasteiger partial charge in [0.1, 0.15) is 13.2 Å². The second-order valence-electron chi connectivity index (χ2n) is 5.75. The van der Waals surface area contributed by atoms with Crippen LogP contribution >= 0.6 is 0 Å². The van der Waals surface area contributed by atoms with Gasteiger partial charge in [-0.3, -0.25) is 13.9 Å². The van der Waals surface area contributed by atoms with Gasteiger partial charge in [0.15, 0.2) is 11.4 Å². The predicted molar refractivity (Wildman–Crippen MR) is 91.3 cm³/mol. The maximum absolute atomic E-state index is 13.4. The molecule has 0 spiro atoms. The third kappa shape index (κ3) is 3.07. The quantitative estimate of drug-likeness (QED) is 0.502. The Morgan fingerprint density at radius 3 is 2.59 bits per heavy atom. The Kier molecular flexibility index (Phi) is 4.19. The molecular formula is C18H13F2N3O4. The monoisotopic (exact) mass is 373 g/mol. The summed E-state index contributed by atoms with van der Waals surface area (Å²) in [6, 6.07) is 13.0. The number of aromatic nitrogens is 3. The summed E-state index contributed by atoms with van der Waals surface area (Å²) in [6.07, 6.45) is 0. The molecule has 0 aliphatic heterocycles. The molecule has 0 radical (unpaired) electrons. The normalized spacial score (nSPS) is 11.5. The zero-order valence-corrected chi connectivity index (χ0v) is 13.8. The molecule has 0 atom stereocenters. The van der Waals surface area contributed by atoms with Gasteiger partial charge in [0, 0.05) is 0 Å². The number of carbonyl (C=O) groups excluding carboxylic acids is 1. The largest absolute Gasteiger partial charge is 0.456 e. The third-order valence-electron chi connectivity index (χ3n) is 4.09. The molecule has 0 fully saturated rings. The highest BCUT2D eigenvalue weighted by Crippen LogP contribution is 2.23. The number of para-hydroxylation sites is 4. The number of alkyl halides is 2. The highest BCUT2D eigenvalue weighted by atomic mass is 19.3. The zero-order valence-electron chi connectivity index (χ0n) is 13.8.